The Hall–Kier alpha value is -3.24. The Kier molecular flexibility index (Phi) is 8.18. The van der Waals surface area contributed by atoms with Gasteiger partial charge in [0.25, 0.3) is 0 Å². The van der Waals surface area contributed by atoms with E-state index in [0.29, 0.717) is 0 Å². The number of benzene rings is 3. The molecule has 3 aromatic carbocycles. The van der Waals surface area contributed by atoms with E-state index in [-0.39, 0.29) is 30.1 Å². The number of rotatable bonds is 10. The zero-order valence-corrected chi connectivity index (χ0v) is 19.9. The maximum absolute atomic E-state index is 13.6. The van der Waals surface area contributed by atoms with Crippen LogP contribution < -0.4 is 10.6 Å². The lowest BCUT2D eigenvalue weighted by Crippen LogP contribution is -2.51. The van der Waals surface area contributed by atoms with E-state index in [2.05, 4.69) is 10.6 Å². The molecule has 0 fully saturated rings. The largest absolute Gasteiger partial charge is 0.338 e. The highest BCUT2D eigenvalue weighted by molar-refractivity contribution is 5.91. The van der Waals surface area contributed by atoms with Crippen molar-refractivity contribution in [1.29, 1.82) is 0 Å². The highest BCUT2D eigenvalue weighted by Crippen LogP contribution is 2.36. The summed E-state index contributed by atoms with van der Waals surface area (Å²) >= 11 is 0. The normalized spacial score (nSPS) is 12.5. The highest BCUT2D eigenvalue weighted by Gasteiger charge is 2.38. The van der Waals surface area contributed by atoms with Crippen LogP contribution in [0, 0.1) is 5.92 Å². The van der Waals surface area contributed by atoms with Crippen molar-refractivity contribution >= 4 is 11.7 Å². The molecule has 0 aliphatic carbocycles. The van der Waals surface area contributed by atoms with Gasteiger partial charge < -0.3 is 10.6 Å². The molecular formula is C29H34N2O2. The van der Waals surface area contributed by atoms with Gasteiger partial charge in [-0.15, -0.1) is 0 Å². The van der Waals surface area contributed by atoms with Gasteiger partial charge in [0.1, 0.15) is 5.54 Å². The summed E-state index contributed by atoms with van der Waals surface area (Å²) in [6, 6.07) is 29.5. The van der Waals surface area contributed by atoms with E-state index < -0.39 is 11.6 Å². The van der Waals surface area contributed by atoms with Crippen molar-refractivity contribution < 1.29 is 9.59 Å². The molecule has 0 radical (unpaired) electrons. The average molecular weight is 443 g/mol. The van der Waals surface area contributed by atoms with Gasteiger partial charge in [0.05, 0.1) is 6.04 Å². The SMILES string of the molecule is CC(C)NC(CC(=O)NC(c1ccccc1)(c1ccccc1)c1ccccc1)C(=O)C(C)C. The molecule has 4 heteroatoms. The smallest absolute Gasteiger partial charge is 0.223 e. The average Bonchev–Trinajstić information content (AvgIpc) is 2.83. The second-order valence-corrected chi connectivity index (χ2v) is 9.03. The van der Waals surface area contributed by atoms with Crippen molar-refractivity contribution in [2.45, 2.75) is 51.7 Å². The quantitative estimate of drug-likeness (QED) is 0.431. The lowest BCUT2D eigenvalue weighted by atomic mass is 9.76. The van der Waals surface area contributed by atoms with Crippen LogP contribution in [-0.4, -0.2) is 23.8 Å². The molecular weight excluding hydrogens is 408 g/mol. The molecule has 0 aliphatic heterocycles. The summed E-state index contributed by atoms with van der Waals surface area (Å²) in [4.78, 5) is 26.4. The van der Waals surface area contributed by atoms with Crippen LogP contribution >= 0.6 is 0 Å². The monoisotopic (exact) mass is 442 g/mol. The minimum atomic E-state index is -0.885. The standard InChI is InChI=1S/C29H34N2O2/c1-21(2)28(33)26(30-22(3)4)20-27(32)31-29(23-14-8-5-9-15-23,24-16-10-6-11-17-24)25-18-12-7-13-19-25/h5-19,21-22,26,30H,20H2,1-4H3,(H,31,32). The number of Topliss-reactive ketones (excluding diaryl/α,β-unsaturated/α-hetero) is 1. The maximum Gasteiger partial charge on any atom is 0.223 e. The Morgan fingerprint density at radius 3 is 1.42 bits per heavy atom. The summed E-state index contributed by atoms with van der Waals surface area (Å²) in [5, 5.41) is 6.63. The number of amides is 1. The fraction of sp³-hybridized carbons (Fsp3) is 0.310. The number of hydrogen-bond donors (Lipinski definition) is 2. The van der Waals surface area contributed by atoms with Gasteiger partial charge in [-0.05, 0) is 16.7 Å². The molecule has 172 valence electrons. The minimum Gasteiger partial charge on any atom is -0.338 e. The Morgan fingerprint density at radius 1 is 0.697 bits per heavy atom. The number of carbonyl (C=O) groups is 2. The molecule has 1 atom stereocenters. The predicted molar refractivity (Wildman–Crippen MR) is 134 cm³/mol. The third kappa shape index (κ3) is 5.77. The molecule has 0 saturated carbocycles. The third-order valence-electron chi connectivity index (χ3n) is 5.78. The molecule has 3 rings (SSSR count). The second kappa shape index (κ2) is 11.1. The van der Waals surface area contributed by atoms with Crippen LogP contribution in [0.2, 0.25) is 0 Å². The highest BCUT2D eigenvalue weighted by atomic mass is 16.2. The molecule has 3 aromatic rings. The number of ketones is 1. The molecule has 33 heavy (non-hydrogen) atoms. The van der Waals surface area contributed by atoms with Gasteiger partial charge >= 0.3 is 0 Å². The van der Waals surface area contributed by atoms with Crippen molar-refractivity contribution in [3.05, 3.63) is 108 Å². The first kappa shape index (κ1) is 24.4. The summed E-state index contributed by atoms with van der Waals surface area (Å²) in [6.45, 7) is 7.72. The van der Waals surface area contributed by atoms with Gasteiger partial charge in [0.2, 0.25) is 5.91 Å². The zero-order valence-electron chi connectivity index (χ0n) is 19.9. The first-order chi connectivity index (χ1) is 15.8. The summed E-state index contributed by atoms with van der Waals surface area (Å²) in [5.74, 6) is -0.293. The molecule has 1 amide bonds. The number of carbonyl (C=O) groups excluding carboxylic acids is 2. The minimum absolute atomic E-state index is 0.0450. The van der Waals surface area contributed by atoms with Crippen LogP contribution in [0.1, 0.15) is 50.8 Å². The molecule has 0 saturated heterocycles. The van der Waals surface area contributed by atoms with Gasteiger partial charge in [-0.1, -0.05) is 119 Å². The molecule has 2 N–H and O–H groups in total. The molecule has 0 spiro atoms. The Morgan fingerprint density at radius 2 is 1.09 bits per heavy atom. The second-order valence-electron chi connectivity index (χ2n) is 9.03. The molecule has 0 aliphatic rings. The Bertz CT molecular complexity index is 934. The lowest BCUT2D eigenvalue weighted by Gasteiger charge is -2.37. The van der Waals surface area contributed by atoms with E-state index >= 15 is 0 Å². The van der Waals surface area contributed by atoms with Gasteiger partial charge in [0, 0.05) is 18.4 Å². The Labute approximate surface area is 197 Å². The molecule has 0 heterocycles. The number of hydrogen-bond acceptors (Lipinski definition) is 3. The van der Waals surface area contributed by atoms with E-state index in [1.807, 2.05) is 119 Å². The van der Waals surface area contributed by atoms with Gasteiger partial charge in [-0.3, -0.25) is 9.59 Å². The van der Waals surface area contributed by atoms with Crippen LogP contribution in [0.5, 0.6) is 0 Å². The lowest BCUT2D eigenvalue weighted by molar-refractivity contribution is -0.129. The zero-order chi connectivity index (χ0) is 23.8. The van der Waals surface area contributed by atoms with Crippen molar-refractivity contribution in [1.82, 2.24) is 10.6 Å². The van der Waals surface area contributed by atoms with Crippen molar-refractivity contribution in [3.8, 4) is 0 Å². The van der Waals surface area contributed by atoms with Crippen molar-refractivity contribution in [3.63, 3.8) is 0 Å². The first-order valence-corrected chi connectivity index (χ1v) is 11.6. The fourth-order valence-electron chi connectivity index (χ4n) is 4.27. The third-order valence-corrected chi connectivity index (χ3v) is 5.78. The number of nitrogens with one attached hydrogen (secondary N) is 2. The van der Waals surface area contributed by atoms with Crippen LogP contribution in [0.25, 0.3) is 0 Å². The summed E-state index contributed by atoms with van der Waals surface area (Å²) in [6.07, 6.45) is 0.0729. The van der Waals surface area contributed by atoms with E-state index in [1.54, 1.807) is 0 Å². The molecule has 1 unspecified atom stereocenters. The topological polar surface area (TPSA) is 58.2 Å². The van der Waals surface area contributed by atoms with E-state index in [4.69, 9.17) is 0 Å². The van der Waals surface area contributed by atoms with Crippen LogP contribution in [-0.2, 0) is 15.1 Å². The fourth-order valence-corrected chi connectivity index (χ4v) is 4.27. The molecule has 0 bridgehead atoms. The van der Waals surface area contributed by atoms with E-state index in [0.717, 1.165) is 16.7 Å². The molecule has 4 nitrogen and oxygen atoms in total. The van der Waals surface area contributed by atoms with Crippen LogP contribution in [0.4, 0.5) is 0 Å². The van der Waals surface area contributed by atoms with Crippen molar-refractivity contribution in [2.24, 2.45) is 5.92 Å². The maximum atomic E-state index is 13.6. The van der Waals surface area contributed by atoms with Gasteiger partial charge in [-0.2, -0.15) is 0 Å². The Balaban J connectivity index is 2.08. The summed E-state index contributed by atoms with van der Waals surface area (Å²) in [7, 11) is 0. The van der Waals surface area contributed by atoms with Gasteiger partial charge in [-0.25, -0.2) is 0 Å². The van der Waals surface area contributed by atoms with Crippen LogP contribution in [0.3, 0.4) is 0 Å². The summed E-state index contributed by atoms with van der Waals surface area (Å²) < 4.78 is 0. The first-order valence-electron chi connectivity index (χ1n) is 11.6. The van der Waals surface area contributed by atoms with Crippen LogP contribution in [0.15, 0.2) is 91.0 Å². The van der Waals surface area contributed by atoms with Crippen molar-refractivity contribution in [2.75, 3.05) is 0 Å². The molecule has 0 aromatic heterocycles. The summed E-state index contributed by atoms with van der Waals surface area (Å²) in [5.41, 5.74) is 1.99. The van der Waals surface area contributed by atoms with Gasteiger partial charge in [0.15, 0.2) is 5.78 Å². The predicted octanol–water partition coefficient (Wildman–Crippen LogP) is 5.08. The van der Waals surface area contributed by atoms with E-state index in [9.17, 15) is 9.59 Å². The van der Waals surface area contributed by atoms with E-state index in [1.165, 1.54) is 0 Å².